The molecule has 0 unspecified atom stereocenters. The molecular formula is C20H16N2. The van der Waals surface area contributed by atoms with E-state index in [9.17, 15) is 0 Å². The average Bonchev–Trinajstić information content (AvgIpc) is 2.55. The first-order valence-corrected chi connectivity index (χ1v) is 7.30. The first-order chi connectivity index (χ1) is 10.7. The van der Waals surface area contributed by atoms with E-state index in [0.29, 0.717) is 5.69 Å². The van der Waals surface area contributed by atoms with Crippen molar-refractivity contribution in [2.45, 2.75) is 0 Å². The van der Waals surface area contributed by atoms with Crippen molar-refractivity contribution in [2.24, 2.45) is 0 Å². The van der Waals surface area contributed by atoms with Crippen LogP contribution in [0.1, 0.15) is 0 Å². The van der Waals surface area contributed by atoms with Crippen molar-refractivity contribution in [3.8, 4) is 11.1 Å². The lowest BCUT2D eigenvalue weighted by atomic mass is 9.95. The van der Waals surface area contributed by atoms with Crippen LogP contribution in [0.3, 0.4) is 0 Å². The summed E-state index contributed by atoms with van der Waals surface area (Å²) in [5.74, 6) is 0. The first kappa shape index (κ1) is 12.7. The van der Waals surface area contributed by atoms with Gasteiger partial charge in [-0.05, 0) is 33.9 Å². The number of anilines is 2. The third kappa shape index (κ3) is 1.89. The Bertz CT molecular complexity index is 1000. The number of hydrogen-bond donors (Lipinski definition) is 2. The summed E-state index contributed by atoms with van der Waals surface area (Å²) >= 11 is 0. The zero-order valence-corrected chi connectivity index (χ0v) is 12.1. The van der Waals surface area contributed by atoms with Crippen molar-refractivity contribution in [3.05, 3.63) is 72.8 Å². The van der Waals surface area contributed by atoms with E-state index >= 15 is 0 Å². The highest BCUT2D eigenvalue weighted by Gasteiger charge is 2.11. The summed E-state index contributed by atoms with van der Waals surface area (Å²) in [5, 5.41) is 4.51. The minimum Gasteiger partial charge on any atom is -0.398 e. The van der Waals surface area contributed by atoms with Crippen LogP contribution in [0.15, 0.2) is 72.8 Å². The summed E-state index contributed by atoms with van der Waals surface area (Å²) in [4.78, 5) is 0. The van der Waals surface area contributed by atoms with Crippen molar-refractivity contribution in [2.75, 3.05) is 11.5 Å². The molecule has 0 heterocycles. The second kappa shape index (κ2) is 4.78. The van der Waals surface area contributed by atoms with E-state index in [2.05, 4.69) is 30.3 Å². The van der Waals surface area contributed by atoms with Gasteiger partial charge in [-0.3, -0.25) is 0 Å². The van der Waals surface area contributed by atoms with E-state index < -0.39 is 0 Å². The maximum atomic E-state index is 6.42. The zero-order valence-electron chi connectivity index (χ0n) is 12.1. The van der Waals surface area contributed by atoms with Gasteiger partial charge in [0.05, 0.1) is 0 Å². The Hall–Kier alpha value is -3.00. The molecule has 0 saturated heterocycles. The number of nitrogen functional groups attached to an aromatic ring is 2. The fourth-order valence-electron chi connectivity index (χ4n) is 3.07. The first-order valence-electron chi connectivity index (χ1n) is 7.30. The molecule has 4 aromatic carbocycles. The molecular weight excluding hydrogens is 268 g/mol. The van der Waals surface area contributed by atoms with Crippen molar-refractivity contribution in [3.63, 3.8) is 0 Å². The molecule has 22 heavy (non-hydrogen) atoms. The molecule has 0 aliphatic heterocycles. The normalized spacial score (nSPS) is 11.1. The van der Waals surface area contributed by atoms with Gasteiger partial charge in [0.2, 0.25) is 0 Å². The van der Waals surface area contributed by atoms with Gasteiger partial charge in [0.1, 0.15) is 0 Å². The van der Waals surface area contributed by atoms with Gasteiger partial charge in [0, 0.05) is 22.3 Å². The summed E-state index contributed by atoms with van der Waals surface area (Å²) in [7, 11) is 0. The molecule has 0 radical (unpaired) electrons. The van der Waals surface area contributed by atoms with Gasteiger partial charge in [-0.15, -0.1) is 0 Å². The zero-order chi connectivity index (χ0) is 15.1. The maximum Gasteiger partial charge on any atom is 0.0494 e. The quantitative estimate of drug-likeness (QED) is 0.492. The van der Waals surface area contributed by atoms with Gasteiger partial charge in [0.15, 0.2) is 0 Å². The predicted octanol–water partition coefficient (Wildman–Crippen LogP) is 4.82. The Kier molecular flexibility index (Phi) is 2.76. The summed E-state index contributed by atoms with van der Waals surface area (Å²) < 4.78 is 0. The average molecular weight is 284 g/mol. The molecule has 2 nitrogen and oxygen atoms in total. The number of rotatable bonds is 1. The van der Waals surface area contributed by atoms with Crippen molar-refractivity contribution >= 4 is 32.9 Å². The minimum atomic E-state index is 0.714. The van der Waals surface area contributed by atoms with E-state index in [1.54, 1.807) is 0 Å². The van der Waals surface area contributed by atoms with Crippen LogP contribution in [0.2, 0.25) is 0 Å². The Labute approximate surface area is 129 Å². The van der Waals surface area contributed by atoms with Crippen LogP contribution in [0.25, 0.3) is 32.7 Å². The topological polar surface area (TPSA) is 52.0 Å². The third-order valence-corrected chi connectivity index (χ3v) is 4.16. The summed E-state index contributed by atoms with van der Waals surface area (Å²) in [5.41, 5.74) is 16.1. The Balaban J connectivity index is 2.03. The molecule has 0 saturated carbocycles. The molecule has 106 valence electrons. The highest BCUT2D eigenvalue weighted by atomic mass is 14.6. The summed E-state index contributed by atoms with van der Waals surface area (Å²) in [6.07, 6.45) is 0. The van der Waals surface area contributed by atoms with Gasteiger partial charge in [0.25, 0.3) is 0 Å². The SMILES string of the molecule is Nc1cc2ccccc2c(N)c1-c1ccc2ccccc2c1. The Morgan fingerprint density at radius 1 is 0.591 bits per heavy atom. The van der Waals surface area contributed by atoms with E-state index in [-0.39, 0.29) is 0 Å². The largest absolute Gasteiger partial charge is 0.398 e. The second-order valence-electron chi connectivity index (χ2n) is 5.54. The third-order valence-electron chi connectivity index (χ3n) is 4.16. The number of hydrogen-bond acceptors (Lipinski definition) is 2. The summed E-state index contributed by atoms with van der Waals surface area (Å²) in [6, 6.07) is 24.7. The van der Waals surface area contributed by atoms with Crippen molar-refractivity contribution < 1.29 is 0 Å². The van der Waals surface area contributed by atoms with Crippen LogP contribution in [0.4, 0.5) is 11.4 Å². The molecule has 4 rings (SSSR count). The molecule has 0 amide bonds. The molecule has 4 aromatic rings. The van der Waals surface area contributed by atoms with Gasteiger partial charge < -0.3 is 11.5 Å². The molecule has 0 spiro atoms. The van der Waals surface area contributed by atoms with Crippen LogP contribution in [0.5, 0.6) is 0 Å². The summed E-state index contributed by atoms with van der Waals surface area (Å²) in [6.45, 7) is 0. The highest BCUT2D eigenvalue weighted by molar-refractivity contribution is 6.06. The van der Waals surface area contributed by atoms with E-state index in [4.69, 9.17) is 11.5 Å². The van der Waals surface area contributed by atoms with Crippen LogP contribution in [-0.4, -0.2) is 0 Å². The molecule has 4 N–H and O–H groups in total. The number of benzene rings is 4. The molecule has 2 heteroatoms. The van der Waals surface area contributed by atoms with Crippen molar-refractivity contribution in [1.29, 1.82) is 0 Å². The van der Waals surface area contributed by atoms with Gasteiger partial charge >= 0.3 is 0 Å². The highest BCUT2D eigenvalue weighted by Crippen LogP contribution is 2.38. The molecule has 0 fully saturated rings. The van der Waals surface area contributed by atoms with Crippen LogP contribution >= 0.6 is 0 Å². The van der Waals surface area contributed by atoms with Crippen LogP contribution in [-0.2, 0) is 0 Å². The lowest BCUT2D eigenvalue weighted by Gasteiger charge is -2.13. The van der Waals surface area contributed by atoms with Gasteiger partial charge in [-0.2, -0.15) is 0 Å². The fraction of sp³-hybridized carbons (Fsp3) is 0. The van der Waals surface area contributed by atoms with E-state index in [1.165, 1.54) is 10.8 Å². The second-order valence-corrected chi connectivity index (χ2v) is 5.54. The molecule has 0 bridgehead atoms. The predicted molar refractivity (Wildman–Crippen MR) is 95.7 cm³/mol. The minimum absolute atomic E-state index is 0.714. The molecule has 0 atom stereocenters. The standard InChI is InChI=1S/C20H16N2/c21-18-12-15-7-3-4-8-17(15)20(22)19(18)16-10-9-13-5-1-2-6-14(13)11-16/h1-12H,21-22H2. The number of fused-ring (bicyclic) bond motifs is 2. The smallest absolute Gasteiger partial charge is 0.0494 e. The Morgan fingerprint density at radius 3 is 2.09 bits per heavy atom. The lowest BCUT2D eigenvalue weighted by Crippen LogP contribution is -1.98. The van der Waals surface area contributed by atoms with Gasteiger partial charge in [-0.1, -0.05) is 60.7 Å². The van der Waals surface area contributed by atoms with Crippen LogP contribution < -0.4 is 11.5 Å². The lowest BCUT2D eigenvalue weighted by molar-refractivity contribution is 1.65. The van der Waals surface area contributed by atoms with Gasteiger partial charge in [-0.25, -0.2) is 0 Å². The molecule has 0 aliphatic rings. The van der Waals surface area contributed by atoms with Crippen LogP contribution in [0, 0.1) is 0 Å². The molecule has 0 aromatic heterocycles. The number of nitrogens with two attached hydrogens (primary N) is 2. The van der Waals surface area contributed by atoms with E-state index in [0.717, 1.165) is 27.6 Å². The molecule has 0 aliphatic carbocycles. The van der Waals surface area contributed by atoms with Crippen molar-refractivity contribution in [1.82, 2.24) is 0 Å². The monoisotopic (exact) mass is 284 g/mol. The fourth-order valence-corrected chi connectivity index (χ4v) is 3.07. The maximum absolute atomic E-state index is 6.42. The van der Waals surface area contributed by atoms with E-state index in [1.807, 2.05) is 42.5 Å². The Morgan fingerprint density at radius 2 is 1.27 bits per heavy atom.